The Morgan fingerprint density at radius 2 is 1.57 bits per heavy atom. The lowest BCUT2D eigenvalue weighted by Gasteiger charge is -2.34. The van der Waals surface area contributed by atoms with Crippen molar-refractivity contribution < 1.29 is 9.49 Å². The lowest BCUT2D eigenvalue weighted by molar-refractivity contribution is -0.385. The van der Waals surface area contributed by atoms with Gasteiger partial charge in [-0.05, 0) is 6.07 Å². The number of para-hydroxylation sites is 1. The second-order valence-corrected chi connectivity index (χ2v) is 7.24. The zero-order valence-electron chi connectivity index (χ0n) is 14.2. The minimum absolute atomic E-state index is 0.0399. The maximum atomic E-state index is 13.5. The average Bonchev–Trinajstić information content (AvgIpc) is 2.55. The van der Waals surface area contributed by atoms with Gasteiger partial charge in [0.2, 0.25) is 0 Å². The Labute approximate surface area is 137 Å². The van der Waals surface area contributed by atoms with Gasteiger partial charge in [-0.2, -0.15) is 0 Å². The summed E-state index contributed by atoms with van der Waals surface area (Å²) in [6.45, 7) is 10.1. The molecule has 0 amide bonds. The fourth-order valence-corrected chi connectivity index (χ4v) is 4.81. The normalized spacial score (nSPS) is 12.4. The molecule has 1 aromatic rings. The van der Waals surface area contributed by atoms with E-state index in [1.807, 2.05) is 37.0 Å². The van der Waals surface area contributed by atoms with Crippen molar-refractivity contribution >= 4 is 19.5 Å². The number of nitro benzene ring substituents is 1. The molecule has 0 aliphatic heterocycles. The molecule has 0 aromatic heterocycles. The molecule has 0 aliphatic carbocycles. The zero-order chi connectivity index (χ0) is 17.5. The summed E-state index contributed by atoms with van der Waals surface area (Å²) >= 11 is 0. The predicted octanol–water partition coefficient (Wildman–Crippen LogP) is 3.81. The van der Waals surface area contributed by atoms with Crippen molar-refractivity contribution in [3.63, 3.8) is 0 Å². The molecule has 0 spiro atoms. The Balaban J connectivity index is 3.31. The molecule has 8 heteroatoms. The number of rotatable bonds is 9. The van der Waals surface area contributed by atoms with Crippen LogP contribution in [-0.4, -0.2) is 46.7 Å². The van der Waals surface area contributed by atoms with Crippen LogP contribution < -0.4 is 0 Å². The summed E-state index contributed by atoms with van der Waals surface area (Å²) in [5.74, 6) is 0. The summed E-state index contributed by atoms with van der Waals surface area (Å²) in [5, 5.41) is 11.1. The first-order chi connectivity index (χ1) is 10.9. The van der Waals surface area contributed by atoms with Crippen molar-refractivity contribution in [2.45, 2.75) is 27.7 Å². The third kappa shape index (κ3) is 4.47. The summed E-state index contributed by atoms with van der Waals surface area (Å²) in [4.78, 5) is 10.6. The van der Waals surface area contributed by atoms with Crippen molar-refractivity contribution in [3.05, 3.63) is 39.9 Å². The SMILES string of the molecule is CCN(CC)P(=O)(N=Cc1ccccc1[N+](=O)[O-])N(CC)CC. The largest absolute Gasteiger partial charge is 0.329 e. The Bertz CT molecular complexity index is 582. The molecule has 0 N–H and O–H groups in total. The van der Waals surface area contributed by atoms with E-state index in [2.05, 4.69) is 4.76 Å². The highest BCUT2D eigenvalue weighted by Crippen LogP contribution is 2.54. The first kappa shape index (κ1) is 19.5. The highest BCUT2D eigenvalue weighted by Gasteiger charge is 2.33. The summed E-state index contributed by atoms with van der Waals surface area (Å²) < 4.78 is 21.4. The topological polar surface area (TPSA) is 79.0 Å². The number of benzene rings is 1. The fraction of sp³-hybridized carbons (Fsp3) is 0.533. The first-order valence-electron chi connectivity index (χ1n) is 7.84. The van der Waals surface area contributed by atoms with Gasteiger partial charge < -0.3 is 0 Å². The number of nitro groups is 1. The van der Waals surface area contributed by atoms with Gasteiger partial charge in [0, 0.05) is 38.5 Å². The Kier molecular flexibility index (Phi) is 7.55. The minimum atomic E-state index is -3.14. The fourth-order valence-electron chi connectivity index (χ4n) is 2.41. The van der Waals surface area contributed by atoms with Crippen LogP contribution >= 0.6 is 7.59 Å². The van der Waals surface area contributed by atoms with Gasteiger partial charge in [-0.3, -0.25) is 14.7 Å². The van der Waals surface area contributed by atoms with Gasteiger partial charge in [-0.1, -0.05) is 39.8 Å². The van der Waals surface area contributed by atoms with Crippen LogP contribution in [0.15, 0.2) is 29.0 Å². The summed E-state index contributed by atoms with van der Waals surface area (Å²) in [5.41, 5.74) is 0.318. The highest BCUT2D eigenvalue weighted by atomic mass is 31.2. The van der Waals surface area contributed by atoms with E-state index in [1.165, 1.54) is 12.3 Å². The van der Waals surface area contributed by atoms with Gasteiger partial charge in [-0.25, -0.2) is 14.1 Å². The molecule has 0 heterocycles. The predicted molar refractivity (Wildman–Crippen MR) is 94.1 cm³/mol. The van der Waals surface area contributed by atoms with Crippen LogP contribution in [0.1, 0.15) is 33.3 Å². The molecule has 0 unspecified atom stereocenters. The molecular weight excluding hydrogens is 315 g/mol. The van der Waals surface area contributed by atoms with E-state index in [4.69, 9.17) is 0 Å². The smallest absolute Gasteiger partial charge is 0.262 e. The molecule has 1 aromatic carbocycles. The molecular formula is C15H25N4O3P. The maximum absolute atomic E-state index is 13.5. The molecule has 0 atom stereocenters. The minimum Gasteiger partial charge on any atom is -0.262 e. The summed E-state index contributed by atoms with van der Waals surface area (Å²) in [6.07, 6.45) is 1.37. The van der Waals surface area contributed by atoms with E-state index in [9.17, 15) is 14.7 Å². The monoisotopic (exact) mass is 340 g/mol. The van der Waals surface area contributed by atoms with Crippen molar-refractivity contribution in [1.82, 2.24) is 9.34 Å². The Morgan fingerprint density at radius 1 is 1.09 bits per heavy atom. The van der Waals surface area contributed by atoms with Crippen LogP contribution in [0.4, 0.5) is 5.69 Å². The van der Waals surface area contributed by atoms with E-state index in [0.29, 0.717) is 31.7 Å². The number of hydrogen-bond donors (Lipinski definition) is 0. The molecule has 0 aliphatic rings. The third-order valence-corrected chi connectivity index (χ3v) is 6.70. The third-order valence-electron chi connectivity index (χ3n) is 3.68. The second-order valence-electron chi connectivity index (χ2n) is 4.85. The van der Waals surface area contributed by atoms with Crippen LogP contribution in [0, 0.1) is 10.1 Å². The molecule has 0 radical (unpaired) electrons. The van der Waals surface area contributed by atoms with Crippen LogP contribution in [0.25, 0.3) is 0 Å². The molecule has 23 heavy (non-hydrogen) atoms. The molecule has 0 bridgehead atoms. The van der Waals surface area contributed by atoms with Crippen LogP contribution in [-0.2, 0) is 4.57 Å². The van der Waals surface area contributed by atoms with Gasteiger partial charge >= 0.3 is 7.59 Å². The molecule has 0 saturated heterocycles. The van der Waals surface area contributed by atoms with Gasteiger partial charge in [0.15, 0.2) is 0 Å². The van der Waals surface area contributed by atoms with E-state index >= 15 is 0 Å². The van der Waals surface area contributed by atoms with Crippen molar-refractivity contribution in [2.24, 2.45) is 4.76 Å². The molecule has 7 nitrogen and oxygen atoms in total. The van der Waals surface area contributed by atoms with Gasteiger partial charge in [0.25, 0.3) is 5.69 Å². The van der Waals surface area contributed by atoms with Crippen LogP contribution in [0.2, 0.25) is 0 Å². The lowest BCUT2D eigenvalue weighted by Crippen LogP contribution is -2.31. The summed E-state index contributed by atoms with van der Waals surface area (Å²) in [7, 11) is -3.14. The molecule has 1 rings (SSSR count). The highest BCUT2D eigenvalue weighted by molar-refractivity contribution is 7.57. The number of nitrogens with zero attached hydrogens (tertiary/aromatic N) is 4. The van der Waals surface area contributed by atoms with Crippen LogP contribution in [0.5, 0.6) is 0 Å². The molecule has 0 saturated carbocycles. The quantitative estimate of drug-likeness (QED) is 0.296. The first-order valence-corrected chi connectivity index (χ1v) is 9.40. The zero-order valence-corrected chi connectivity index (χ0v) is 15.1. The average molecular weight is 340 g/mol. The van der Waals surface area contributed by atoms with E-state index in [0.717, 1.165) is 0 Å². The van der Waals surface area contributed by atoms with Gasteiger partial charge in [0.1, 0.15) is 0 Å². The maximum Gasteiger partial charge on any atom is 0.329 e. The van der Waals surface area contributed by atoms with Crippen molar-refractivity contribution in [3.8, 4) is 0 Å². The van der Waals surface area contributed by atoms with Gasteiger partial charge in [0.05, 0.1) is 10.5 Å². The van der Waals surface area contributed by atoms with Gasteiger partial charge in [-0.15, -0.1) is 0 Å². The second kappa shape index (κ2) is 8.91. The van der Waals surface area contributed by atoms with Crippen molar-refractivity contribution in [2.75, 3.05) is 26.2 Å². The Morgan fingerprint density at radius 3 is 2.00 bits per heavy atom. The lowest BCUT2D eigenvalue weighted by atomic mass is 10.2. The van der Waals surface area contributed by atoms with E-state index < -0.39 is 12.5 Å². The number of hydrogen-bond acceptors (Lipinski definition) is 3. The van der Waals surface area contributed by atoms with E-state index in [1.54, 1.807) is 18.2 Å². The van der Waals surface area contributed by atoms with Crippen molar-refractivity contribution in [1.29, 1.82) is 0 Å². The van der Waals surface area contributed by atoms with Crippen LogP contribution in [0.3, 0.4) is 0 Å². The van der Waals surface area contributed by atoms with E-state index in [-0.39, 0.29) is 5.69 Å². The summed E-state index contributed by atoms with van der Waals surface area (Å²) in [6, 6.07) is 6.33. The Hall–Kier alpha value is -1.56. The molecule has 128 valence electrons. The standard InChI is InChI=1S/C15H25N4O3P/c1-5-17(6-2)23(22,18(7-3)8-4)16-13-14-11-9-10-12-15(14)19(20)21/h9-13H,5-8H2,1-4H3. The molecule has 0 fully saturated rings.